The summed E-state index contributed by atoms with van der Waals surface area (Å²) in [4.78, 5) is 0. The topological polar surface area (TPSA) is 0 Å². The van der Waals surface area contributed by atoms with Gasteiger partial charge in [0.15, 0.2) is 0 Å². The molecule has 0 saturated carbocycles. The second kappa shape index (κ2) is 10.5. The summed E-state index contributed by atoms with van der Waals surface area (Å²) >= 11 is 0. The molecular weight excluding hydrogens is 340 g/mol. The minimum Gasteiger partial charge on any atom is -0.165 e. The standard InChI is InChI=1S/2C10H9.C2H6Si.Ti/c2*1-8-6-9-4-2-3-5-10(9)7-8;1-3-2;/h2*2-7H,1H3;1-2H3;/q2*-1;;+2. The van der Waals surface area contributed by atoms with E-state index in [4.69, 9.17) is 0 Å². The molecule has 24 heavy (non-hydrogen) atoms. The Morgan fingerprint density at radius 1 is 0.667 bits per heavy atom. The van der Waals surface area contributed by atoms with Gasteiger partial charge in [-0.1, -0.05) is 39.1 Å². The minimum atomic E-state index is 0. The van der Waals surface area contributed by atoms with Crippen LogP contribution in [0.5, 0.6) is 0 Å². The van der Waals surface area contributed by atoms with E-state index >= 15 is 0 Å². The van der Waals surface area contributed by atoms with E-state index in [1.165, 1.54) is 32.7 Å². The average molecular weight is 364 g/mol. The van der Waals surface area contributed by atoms with Gasteiger partial charge in [-0.15, -0.1) is 81.2 Å². The molecule has 0 aliphatic carbocycles. The fourth-order valence-corrected chi connectivity index (χ4v) is 2.61. The summed E-state index contributed by atoms with van der Waals surface area (Å²) in [5, 5.41) is 5.39. The second-order valence-corrected chi connectivity index (χ2v) is 6.82. The van der Waals surface area contributed by atoms with Crippen LogP contribution in [0.4, 0.5) is 0 Å². The molecule has 0 nitrogen and oxygen atoms in total. The molecule has 120 valence electrons. The predicted molar refractivity (Wildman–Crippen MR) is 106 cm³/mol. The van der Waals surface area contributed by atoms with Crippen LogP contribution in [0.25, 0.3) is 21.5 Å². The molecule has 2 radical (unpaired) electrons. The van der Waals surface area contributed by atoms with Crippen LogP contribution >= 0.6 is 0 Å². The first kappa shape index (κ1) is 20.6. The van der Waals surface area contributed by atoms with Gasteiger partial charge in [0.05, 0.1) is 0 Å². The Morgan fingerprint density at radius 2 is 1.00 bits per heavy atom. The summed E-state index contributed by atoms with van der Waals surface area (Å²) in [5.74, 6) is 0. The molecule has 4 rings (SSSR count). The van der Waals surface area contributed by atoms with Gasteiger partial charge < -0.3 is 0 Å². The zero-order chi connectivity index (χ0) is 16.7. The van der Waals surface area contributed by atoms with E-state index in [1.54, 1.807) is 0 Å². The fourth-order valence-electron chi connectivity index (χ4n) is 2.61. The SMILES string of the molecule is C[Si]C.Cc1cc2ccccc2[cH-]1.Cc1cc2ccccc2[cH-]1.[Ti+2]. The van der Waals surface area contributed by atoms with Crippen LogP contribution in [0.2, 0.25) is 13.1 Å². The van der Waals surface area contributed by atoms with E-state index in [0.717, 1.165) is 9.52 Å². The van der Waals surface area contributed by atoms with Gasteiger partial charge in [0, 0.05) is 9.52 Å². The Labute approximate surface area is 163 Å². The first-order chi connectivity index (χ1) is 11.1. The van der Waals surface area contributed by atoms with Crippen molar-refractivity contribution in [2.75, 3.05) is 0 Å². The van der Waals surface area contributed by atoms with Crippen molar-refractivity contribution in [3.8, 4) is 0 Å². The predicted octanol–water partition coefficient (Wildman–Crippen LogP) is 6.52. The number of hydrogen-bond donors (Lipinski definition) is 0. The smallest absolute Gasteiger partial charge is 0.165 e. The number of aryl methyl sites for hydroxylation is 2. The zero-order valence-corrected chi connectivity index (χ0v) is 17.5. The van der Waals surface area contributed by atoms with Crippen molar-refractivity contribution < 1.29 is 21.7 Å². The van der Waals surface area contributed by atoms with E-state index < -0.39 is 0 Å². The van der Waals surface area contributed by atoms with Crippen LogP contribution in [-0.2, 0) is 21.7 Å². The Bertz CT molecular complexity index is 716. The van der Waals surface area contributed by atoms with Crippen molar-refractivity contribution in [3.63, 3.8) is 0 Å². The molecule has 0 N–H and O–H groups in total. The monoisotopic (exact) mass is 364 g/mol. The van der Waals surface area contributed by atoms with E-state index in [-0.39, 0.29) is 21.7 Å². The van der Waals surface area contributed by atoms with Gasteiger partial charge in [0.2, 0.25) is 0 Å². The van der Waals surface area contributed by atoms with E-state index in [9.17, 15) is 0 Å². The van der Waals surface area contributed by atoms with Crippen molar-refractivity contribution in [2.24, 2.45) is 0 Å². The minimum absolute atomic E-state index is 0. The molecule has 0 unspecified atom stereocenters. The largest absolute Gasteiger partial charge is 2.00 e. The molecule has 0 spiro atoms. The molecule has 0 aliphatic heterocycles. The number of rotatable bonds is 0. The van der Waals surface area contributed by atoms with Crippen LogP contribution in [0.3, 0.4) is 0 Å². The Kier molecular flexibility index (Phi) is 8.99. The Balaban J connectivity index is 0.000000200. The van der Waals surface area contributed by atoms with Gasteiger partial charge in [-0.25, -0.2) is 0 Å². The van der Waals surface area contributed by atoms with Crippen molar-refractivity contribution in [1.82, 2.24) is 0 Å². The summed E-state index contributed by atoms with van der Waals surface area (Å²) in [5.41, 5.74) is 2.70. The number of fused-ring (bicyclic) bond motifs is 2. The summed E-state index contributed by atoms with van der Waals surface area (Å²) in [6.07, 6.45) is 0. The molecule has 0 atom stereocenters. The Hall–Kier alpha value is -1.41. The van der Waals surface area contributed by atoms with E-state index in [1.807, 2.05) is 0 Å². The van der Waals surface area contributed by atoms with Crippen LogP contribution in [0.1, 0.15) is 11.1 Å². The second-order valence-electron chi connectivity index (χ2n) is 5.82. The van der Waals surface area contributed by atoms with Crippen LogP contribution in [0.15, 0.2) is 72.8 Å². The van der Waals surface area contributed by atoms with E-state index in [2.05, 4.69) is 99.7 Å². The van der Waals surface area contributed by atoms with Crippen LogP contribution < -0.4 is 0 Å². The van der Waals surface area contributed by atoms with Gasteiger partial charge in [0.1, 0.15) is 0 Å². The third-order valence-electron chi connectivity index (χ3n) is 3.52. The molecule has 0 saturated heterocycles. The molecule has 0 heterocycles. The van der Waals surface area contributed by atoms with Gasteiger partial charge >= 0.3 is 21.7 Å². The maximum atomic E-state index is 2.20. The third kappa shape index (κ3) is 5.90. The van der Waals surface area contributed by atoms with Crippen molar-refractivity contribution in [3.05, 3.63) is 83.9 Å². The Morgan fingerprint density at radius 3 is 1.33 bits per heavy atom. The molecule has 0 amide bonds. The average Bonchev–Trinajstić information content (AvgIpc) is 3.08. The van der Waals surface area contributed by atoms with Gasteiger partial charge in [-0.2, -0.15) is 12.1 Å². The van der Waals surface area contributed by atoms with Gasteiger partial charge in [-0.3, -0.25) is 0 Å². The quantitative estimate of drug-likeness (QED) is 0.246. The van der Waals surface area contributed by atoms with Crippen molar-refractivity contribution in [1.29, 1.82) is 0 Å². The zero-order valence-electron chi connectivity index (χ0n) is 14.9. The molecular formula is C22H24SiTi. The summed E-state index contributed by atoms with van der Waals surface area (Å²) in [7, 11) is 1.08. The first-order valence-electron chi connectivity index (χ1n) is 7.96. The summed E-state index contributed by atoms with van der Waals surface area (Å²) in [6.45, 7) is 8.56. The fraction of sp³-hybridized carbons (Fsp3) is 0.182. The molecule has 0 bridgehead atoms. The maximum absolute atomic E-state index is 2.20. The van der Waals surface area contributed by atoms with Gasteiger partial charge in [0.25, 0.3) is 0 Å². The maximum Gasteiger partial charge on any atom is 2.00 e. The third-order valence-corrected chi connectivity index (χ3v) is 3.52. The molecule has 0 aliphatic rings. The van der Waals surface area contributed by atoms with Crippen molar-refractivity contribution in [2.45, 2.75) is 26.9 Å². The molecule has 4 aromatic rings. The van der Waals surface area contributed by atoms with Gasteiger partial charge in [-0.05, 0) is 0 Å². The number of hydrogen-bond acceptors (Lipinski definition) is 0. The van der Waals surface area contributed by atoms with E-state index in [0.29, 0.717) is 0 Å². The summed E-state index contributed by atoms with van der Waals surface area (Å²) < 4.78 is 0. The molecule has 4 aromatic carbocycles. The molecule has 2 heteroatoms. The first-order valence-corrected chi connectivity index (χ1v) is 9.96. The van der Waals surface area contributed by atoms with Crippen LogP contribution in [-0.4, -0.2) is 9.52 Å². The molecule has 0 fully saturated rings. The van der Waals surface area contributed by atoms with Crippen molar-refractivity contribution >= 4 is 31.1 Å². The number of benzene rings is 2. The normalized spacial score (nSPS) is 9.50. The van der Waals surface area contributed by atoms with Crippen LogP contribution in [0, 0.1) is 13.8 Å². The summed E-state index contributed by atoms with van der Waals surface area (Å²) in [6, 6.07) is 25.7. The molecule has 0 aromatic heterocycles.